The van der Waals surface area contributed by atoms with E-state index in [1.807, 2.05) is 6.92 Å². The average Bonchev–Trinajstić information content (AvgIpc) is 3.06. The van der Waals surface area contributed by atoms with Crippen molar-refractivity contribution in [2.24, 2.45) is 0 Å². The molecule has 0 aliphatic heterocycles. The number of nitrogens with zero attached hydrogens (tertiary/aromatic N) is 4. The van der Waals surface area contributed by atoms with Crippen LogP contribution in [0.15, 0.2) is 35.7 Å². The Hall–Kier alpha value is -2.42. The maximum absolute atomic E-state index is 13.9. The Labute approximate surface area is 149 Å². The molecule has 2 amide bonds. The third-order valence-corrected chi connectivity index (χ3v) is 4.26. The number of carbonyl (C=O) groups excluding carboxylic acids is 2. The standard InChI is InChI=1S/C16H20FN5O2S/c1-3-8-18-14(23)9-21(2)15(24)10-25-16-20-19-11-22(16)13-7-5-4-6-12(13)17/h4-7,11H,3,8-10H2,1-2H3,(H,18,23). The van der Waals surface area contributed by atoms with Crippen LogP contribution in [-0.4, -0.2) is 57.4 Å². The normalized spacial score (nSPS) is 10.5. The molecule has 134 valence electrons. The summed E-state index contributed by atoms with van der Waals surface area (Å²) in [5.74, 6) is -0.748. The second-order valence-corrected chi connectivity index (χ2v) is 6.27. The number of likely N-dealkylation sites (N-methyl/N-ethyl adjacent to an activating group) is 1. The highest BCUT2D eigenvalue weighted by Gasteiger charge is 2.16. The van der Waals surface area contributed by atoms with Crippen molar-refractivity contribution in [1.29, 1.82) is 0 Å². The van der Waals surface area contributed by atoms with Gasteiger partial charge in [-0.1, -0.05) is 30.8 Å². The first-order valence-electron chi connectivity index (χ1n) is 7.81. The largest absolute Gasteiger partial charge is 0.355 e. The van der Waals surface area contributed by atoms with E-state index in [1.165, 1.54) is 21.9 Å². The summed E-state index contributed by atoms with van der Waals surface area (Å²) in [6.07, 6.45) is 2.23. The molecule has 1 aromatic heterocycles. The fraction of sp³-hybridized carbons (Fsp3) is 0.375. The summed E-state index contributed by atoms with van der Waals surface area (Å²) < 4.78 is 15.4. The van der Waals surface area contributed by atoms with E-state index in [0.717, 1.165) is 18.2 Å². The highest BCUT2D eigenvalue weighted by Crippen LogP contribution is 2.21. The molecular formula is C16H20FN5O2S. The summed E-state index contributed by atoms with van der Waals surface area (Å²) in [6.45, 7) is 2.54. The number of thioether (sulfide) groups is 1. The zero-order valence-electron chi connectivity index (χ0n) is 14.1. The van der Waals surface area contributed by atoms with Crippen molar-refractivity contribution in [2.75, 3.05) is 25.9 Å². The van der Waals surface area contributed by atoms with Gasteiger partial charge in [0.25, 0.3) is 0 Å². The molecule has 0 fully saturated rings. The van der Waals surface area contributed by atoms with E-state index in [1.54, 1.807) is 25.2 Å². The van der Waals surface area contributed by atoms with Gasteiger partial charge in [0.05, 0.1) is 18.0 Å². The topological polar surface area (TPSA) is 80.1 Å². The van der Waals surface area contributed by atoms with Crippen LogP contribution in [0.5, 0.6) is 0 Å². The van der Waals surface area contributed by atoms with Crippen molar-refractivity contribution in [1.82, 2.24) is 25.0 Å². The number of rotatable bonds is 8. The molecule has 2 rings (SSSR count). The number of hydrogen-bond donors (Lipinski definition) is 1. The Kier molecular flexibility index (Phi) is 6.93. The monoisotopic (exact) mass is 365 g/mol. The SMILES string of the molecule is CCCNC(=O)CN(C)C(=O)CSc1nncn1-c1ccccc1F. The molecule has 1 N–H and O–H groups in total. The van der Waals surface area contributed by atoms with Gasteiger partial charge in [-0.05, 0) is 18.6 Å². The summed E-state index contributed by atoms with van der Waals surface area (Å²) in [6, 6.07) is 6.26. The van der Waals surface area contributed by atoms with Gasteiger partial charge in [-0.25, -0.2) is 4.39 Å². The molecule has 0 aliphatic rings. The number of amides is 2. The molecule has 9 heteroatoms. The molecule has 0 aliphatic carbocycles. The van der Waals surface area contributed by atoms with E-state index < -0.39 is 5.82 Å². The summed E-state index contributed by atoms with van der Waals surface area (Å²) >= 11 is 1.14. The Morgan fingerprint density at radius 3 is 2.84 bits per heavy atom. The molecule has 1 heterocycles. The van der Waals surface area contributed by atoms with E-state index in [9.17, 15) is 14.0 Å². The van der Waals surface area contributed by atoms with Crippen LogP contribution < -0.4 is 5.32 Å². The van der Waals surface area contributed by atoms with Gasteiger partial charge in [0, 0.05) is 13.6 Å². The first kappa shape index (κ1) is 18.9. The quantitative estimate of drug-likeness (QED) is 0.717. The molecule has 2 aromatic rings. The van der Waals surface area contributed by atoms with Crippen LogP contribution in [0.1, 0.15) is 13.3 Å². The van der Waals surface area contributed by atoms with Crippen molar-refractivity contribution in [3.05, 3.63) is 36.4 Å². The van der Waals surface area contributed by atoms with E-state index >= 15 is 0 Å². The second-order valence-electron chi connectivity index (χ2n) is 5.32. The Morgan fingerprint density at radius 1 is 1.36 bits per heavy atom. The van der Waals surface area contributed by atoms with Crippen LogP contribution in [0.3, 0.4) is 0 Å². The number of halogens is 1. The number of benzene rings is 1. The molecule has 7 nitrogen and oxygen atoms in total. The number of para-hydroxylation sites is 1. The molecular weight excluding hydrogens is 345 g/mol. The third kappa shape index (κ3) is 5.28. The third-order valence-electron chi connectivity index (χ3n) is 3.33. The zero-order chi connectivity index (χ0) is 18.2. The molecule has 0 unspecified atom stereocenters. The van der Waals surface area contributed by atoms with Gasteiger partial charge in [-0.3, -0.25) is 14.2 Å². The lowest BCUT2D eigenvalue weighted by atomic mass is 10.3. The first-order chi connectivity index (χ1) is 12.0. The van der Waals surface area contributed by atoms with Crippen molar-refractivity contribution in [3.8, 4) is 5.69 Å². The fourth-order valence-corrected chi connectivity index (χ4v) is 2.86. The summed E-state index contributed by atoms with van der Waals surface area (Å²) in [7, 11) is 1.57. The number of aromatic nitrogens is 3. The van der Waals surface area contributed by atoms with Gasteiger partial charge in [0.2, 0.25) is 11.8 Å². The van der Waals surface area contributed by atoms with E-state index in [0.29, 0.717) is 17.4 Å². The van der Waals surface area contributed by atoms with Crippen LogP contribution in [-0.2, 0) is 9.59 Å². The smallest absolute Gasteiger partial charge is 0.239 e. The lowest BCUT2D eigenvalue weighted by Gasteiger charge is -2.16. The van der Waals surface area contributed by atoms with Crippen LogP contribution in [0.25, 0.3) is 5.69 Å². The van der Waals surface area contributed by atoms with Crippen molar-refractivity contribution in [2.45, 2.75) is 18.5 Å². The van der Waals surface area contributed by atoms with Crippen LogP contribution in [0.4, 0.5) is 4.39 Å². The summed E-state index contributed by atoms with van der Waals surface area (Å²) in [5.41, 5.74) is 0.315. The summed E-state index contributed by atoms with van der Waals surface area (Å²) in [5, 5.41) is 10.8. The van der Waals surface area contributed by atoms with Gasteiger partial charge in [0.15, 0.2) is 5.16 Å². The maximum atomic E-state index is 13.9. The maximum Gasteiger partial charge on any atom is 0.239 e. The fourth-order valence-electron chi connectivity index (χ4n) is 2.00. The van der Waals surface area contributed by atoms with E-state index in [-0.39, 0.29) is 24.1 Å². The molecule has 1 aromatic carbocycles. The zero-order valence-corrected chi connectivity index (χ0v) is 14.9. The van der Waals surface area contributed by atoms with Crippen molar-refractivity contribution >= 4 is 23.6 Å². The Bertz CT molecular complexity index is 737. The number of nitrogens with one attached hydrogen (secondary N) is 1. The minimum atomic E-state index is -0.403. The molecule has 25 heavy (non-hydrogen) atoms. The molecule has 0 spiro atoms. The van der Waals surface area contributed by atoms with Gasteiger partial charge in [-0.2, -0.15) is 0 Å². The molecule has 0 saturated carbocycles. The lowest BCUT2D eigenvalue weighted by Crippen LogP contribution is -2.39. The predicted molar refractivity (Wildman–Crippen MR) is 93.0 cm³/mol. The highest BCUT2D eigenvalue weighted by atomic mass is 32.2. The lowest BCUT2D eigenvalue weighted by molar-refractivity contribution is -0.132. The summed E-state index contributed by atoms with van der Waals surface area (Å²) in [4.78, 5) is 25.2. The average molecular weight is 365 g/mol. The second kappa shape index (κ2) is 9.16. The molecule has 0 radical (unpaired) electrons. The van der Waals surface area contributed by atoms with Gasteiger partial charge < -0.3 is 10.2 Å². The Balaban J connectivity index is 1.94. The van der Waals surface area contributed by atoms with Crippen molar-refractivity contribution in [3.63, 3.8) is 0 Å². The van der Waals surface area contributed by atoms with E-state index in [2.05, 4.69) is 15.5 Å². The minimum absolute atomic E-state index is 0.000598. The molecule has 0 saturated heterocycles. The van der Waals surface area contributed by atoms with Crippen LogP contribution in [0.2, 0.25) is 0 Å². The molecule has 0 atom stereocenters. The molecule has 0 bridgehead atoms. The van der Waals surface area contributed by atoms with Gasteiger partial charge >= 0.3 is 0 Å². The number of hydrogen-bond acceptors (Lipinski definition) is 5. The number of carbonyl (C=O) groups is 2. The van der Waals surface area contributed by atoms with Crippen LogP contribution >= 0.6 is 11.8 Å². The Morgan fingerprint density at radius 2 is 2.12 bits per heavy atom. The predicted octanol–water partition coefficient (Wildman–Crippen LogP) is 1.48. The highest BCUT2D eigenvalue weighted by molar-refractivity contribution is 7.99. The van der Waals surface area contributed by atoms with Crippen LogP contribution in [0, 0.1) is 5.82 Å². The first-order valence-corrected chi connectivity index (χ1v) is 8.80. The van der Waals surface area contributed by atoms with Gasteiger partial charge in [0.1, 0.15) is 12.1 Å². The minimum Gasteiger partial charge on any atom is -0.355 e. The van der Waals surface area contributed by atoms with Gasteiger partial charge in [-0.15, -0.1) is 10.2 Å². The van der Waals surface area contributed by atoms with E-state index in [4.69, 9.17) is 0 Å². The van der Waals surface area contributed by atoms with Crippen molar-refractivity contribution < 1.29 is 14.0 Å².